The summed E-state index contributed by atoms with van der Waals surface area (Å²) in [5.74, 6) is 0.841. The van der Waals surface area contributed by atoms with Crippen LogP contribution < -0.4 is 10.6 Å². The molecule has 0 aliphatic carbocycles. The van der Waals surface area contributed by atoms with Gasteiger partial charge in [-0.1, -0.05) is 30.3 Å². The average Bonchev–Trinajstić information content (AvgIpc) is 2.65. The first-order valence-electron chi connectivity index (χ1n) is 10.2. The molecule has 1 saturated heterocycles. The maximum Gasteiger partial charge on any atom is 0.191 e. The van der Waals surface area contributed by atoms with Gasteiger partial charge in [0.1, 0.15) is 0 Å². The van der Waals surface area contributed by atoms with Crippen molar-refractivity contribution in [3.05, 3.63) is 35.9 Å². The van der Waals surface area contributed by atoms with E-state index in [9.17, 15) is 5.11 Å². The van der Waals surface area contributed by atoms with E-state index in [0.29, 0.717) is 18.8 Å². The molecule has 1 aliphatic rings. The lowest BCUT2D eigenvalue weighted by molar-refractivity contribution is -0.0679. The smallest absolute Gasteiger partial charge is 0.191 e. The number of aliphatic hydroxyl groups excluding tert-OH is 1. The highest BCUT2D eigenvalue weighted by Gasteiger charge is 2.21. The van der Waals surface area contributed by atoms with Crippen LogP contribution in [0.4, 0.5) is 0 Å². The van der Waals surface area contributed by atoms with Crippen LogP contribution in [-0.4, -0.2) is 74.0 Å². The molecule has 0 aromatic heterocycles. The number of nitrogens with zero attached hydrogens (tertiary/aromatic N) is 2. The van der Waals surface area contributed by atoms with Gasteiger partial charge in [0.2, 0.25) is 0 Å². The molecule has 1 aromatic rings. The van der Waals surface area contributed by atoms with Crippen molar-refractivity contribution >= 4 is 5.96 Å². The number of ether oxygens (including phenoxy) is 1. The van der Waals surface area contributed by atoms with Crippen molar-refractivity contribution in [2.45, 2.75) is 45.3 Å². The Labute approximate surface area is 164 Å². The van der Waals surface area contributed by atoms with Gasteiger partial charge in [0, 0.05) is 38.6 Å². The molecule has 6 heteroatoms. The minimum absolute atomic E-state index is 0.0259. The molecule has 3 unspecified atom stereocenters. The molecule has 0 radical (unpaired) electrons. The van der Waals surface area contributed by atoms with Crippen LogP contribution in [0.2, 0.25) is 0 Å². The van der Waals surface area contributed by atoms with Crippen LogP contribution >= 0.6 is 0 Å². The molecule has 3 atom stereocenters. The minimum Gasteiger partial charge on any atom is -0.396 e. The molecule has 0 amide bonds. The predicted octanol–water partition coefficient (Wildman–Crippen LogP) is 1.82. The summed E-state index contributed by atoms with van der Waals surface area (Å²) in [5, 5.41) is 16.4. The fourth-order valence-electron chi connectivity index (χ4n) is 3.51. The SMILES string of the molecule is CCNC(=NCC(CO)c1ccccc1)NCCCN1CC(C)OC(C)C1. The Morgan fingerprint density at radius 2 is 1.93 bits per heavy atom. The zero-order valence-electron chi connectivity index (χ0n) is 17.0. The molecule has 152 valence electrons. The molecule has 1 heterocycles. The number of hydrogen-bond donors (Lipinski definition) is 3. The molecule has 1 fully saturated rings. The van der Waals surface area contributed by atoms with E-state index in [1.165, 1.54) is 0 Å². The third kappa shape index (κ3) is 7.87. The van der Waals surface area contributed by atoms with Crippen molar-refractivity contribution in [3.8, 4) is 0 Å². The fraction of sp³-hybridized carbons (Fsp3) is 0.667. The number of benzene rings is 1. The summed E-state index contributed by atoms with van der Waals surface area (Å²) < 4.78 is 5.79. The lowest BCUT2D eigenvalue weighted by atomic mass is 10.0. The van der Waals surface area contributed by atoms with E-state index in [0.717, 1.165) is 50.7 Å². The quantitative estimate of drug-likeness (QED) is 0.348. The molecule has 1 aromatic carbocycles. The number of morpholine rings is 1. The van der Waals surface area contributed by atoms with Crippen LogP contribution in [0.5, 0.6) is 0 Å². The third-order valence-corrected chi connectivity index (χ3v) is 4.74. The van der Waals surface area contributed by atoms with Crippen molar-refractivity contribution in [1.29, 1.82) is 0 Å². The normalized spacial score (nSPS) is 22.4. The van der Waals surface area contributed by atoms with Crippen LogP contribution in [0.25, 0.3) is 0 Å². The molecule has 0 saturated carbocycles. The van der Waals surface area contributed by atoms with E-state index >= 15 is 0 Å². The van der Waals surface area contributed by atoms with Crippen molar-refractivity contribution in [2.75, 3.05) is 45.9 Å². The van der Waals surface area contributed by atoms with Gasteiger partial charge < -0.3 is 20.5 Å². The standard InChI is InChI=1S/C21H36N4O2/c1-4-22-21(24-13-20(16-26)19-9-6-5-7-10-19)23-11-8-12-25-14-17(2)27-18(3)15-25/h5-7,9-10,17-18,20,26H,4,8,11-16H2,1-3H3,(H2,22,23,24). The van der Waals surface area contributed by atoms with Crippen molar-refractivity contribution in [1.82, 2.24) is 15.5 Å². The monoisotopic (exact) mass is 376 g/mol. The van der Waals surface area contributed by atoms with Gasteiger partial charge >= 0.3 is 0 Å². The number of hydrogen-bond acceptors (Lipinski definition) is 4. The minimum atomic E-state index is 0.0259. The Balaban J connectivity index is 1.77. The summed E-state index contributed by atoms with van der Waals surface area (Å²) in [6.45, 7) is 11.8. The maximum atomic E-state index is 9.70. The summed E-state index contributed by atoms with van der Waals surface area (Å²) in [6.07, 6.45) is 1.69. The van der Waals surface area contributed by atoms with Crippen molar-refractivity contribution in [2.24, 2.45) is 4.99 Å². The Bertz CT molecular complexity index is 542. The first-order valence-corrected chi connectivity index (χ1v) is 10.2. The molecule has 27 heavy (non-hydrogen) atoms. The zero-order chi connectivity index (χ0) is 19.5. The lowest BCUT2D eigenvalue weighted by Gasteiger charge is -2.35. The predicted molar refractivity (Wildman–Crippen MR) is 111 cm³/mol. The van der Waals surface area contributed by atoms with E-state index in [4.69, 9.17) is 4.74 Å². The van der Waals surface area contributed by atoms with Gasteiger partial charge in [-0.25, -0.2) is 0 Å². The van der Waals surface area contributed by atoms with Gasteiger partial charge in [-0.15, -0.1) is 0 Å². The Hall–Kier alpha value is -1.63. The van der Waals surface area contributed by atoms with Gasteiger partial charge in [0.05, 0.1) is 25.4 Å². The van der Waals surface area contributed by atoms with Crippen LogP contribution in [0.15, 0.2) is 35.3 Å². The molecular weight excluding hydrogens is 340 g/mol. The van der Waals surface area contributed by atoms with E-state index in [1.807, 2.05) is 30.3 Å². The highest BCUT2D eigenvalue weighted by Crippen LogP contribution is 2.15. The van der Waals surface area contributed by atoms with E-state index in [-0.39, 0.29) is 12.5 Å². The van der Waals surface area contributed by atoms with Gasteiger partial charge in [-0.05, 0) is 32.8 Å². The van der Waals surface area contributed by atoms with Crippen molar-refractivity contribution in [3.63, 3.8) is 0 Å². The second-order valence-electron chi connectivity index (χ2n) is 7.31. The molecule has 0 spiro atoms. The van der Waals surface area contributed by atoms with Gasteiger partial charge in [0.15, 0.2) is 5.96 Å². The topological polar surface area (TPSA) is 69.1 Å². The molecule has 2 rings (SSSR count). The average molecular weight is 377 g/mol. The number of aliphatic imine (C=N–C) groups is 1. The van der Waals surface area contributed by atoms with Crippen LogP contribution in [0, 0.1) is 0 Å². The molecule has 3 N–H and O–H groups in total. The molecular formula is C21H36N4O2. The van der Waals surface area contributed by atoms with E-state index < -0.39 is 0 Å². The number of aliphatic hydroxyl groups is 1. The summed E-state index contributed by atoms with van der Waals surface area (Å²) >= 11 is 0. The van der Waals surface area contributed by atoms with Crippen molar-refractivity contribution < 1.29 is 9.84 Å². The maximum absolute atomic E-state index is 9.70. The summed E-state index contributed by atoms with van der Waals surface area (Å²) in [4.78, 5) is 7.14. The number of nitrogens with one attached hydrogen (secondary N) is 2. The molecule has 6 nitrogen and oxygen atoms in total. The Morgan fingerprint density at radius 1 is 1.22 bits per heavy atom. The summed E-state index contributed by atoms with van der Waals surface area (Å²) in [6, 6.07) is 10.1. The number of guanidine groups is 1. The lowest BCUT2D eigenvalue weighted by Crippen LogP contribution is -2.46. The van der Waals surface area contributed by atoms with Gasteiger partial charge in [-0.3, -0.25) is 9.89 Å². The van der Waals surface area contributed by atoms with Crippen LogP contribution in [-0.2, 0) is 4.74 Å². The summed E-state index contributed by atoms with van der Waals surface area (Å²) in [5.41, 5.74) is 1.12. The van der Waals surface area contributed by atoms with Gasteiger partial charge in [-0.2, -0.15) is 0 Å². The number of rotatable bonds is 9. The second kappa shape index (κ2) is 12.0. The highest BCUT2D eigenvalue weighted by molar-refractivity contribution is 5.79. The van der Waals surface area contributed by atoms with Crippen LogP contribution in [0.1, 0.15) is 38.7 Å². The summed E-state index contributed by atoms with van der Waals surface area (Å²) in [7, 11) is 0. The first kappa shape index (κ1) is 21.7. The Morgan fingerprint density at radius 3 is 2.56 bits per heavy atom. The van der Waals surface area contributed by atoms with Crippen LogP contribution in [0.3, 0.4) is 0 Å². The fourth-order valence-corrected chi connectivity index (χ4v) is 3.51. The largest absolute Gasteiger partial charge is 0.396 e. The molecule has 0 bridgehead atoms. The first-order chi connectivity index (χ1) is 13.1. The second-order valence-corrected chi connectivity index (χ2v) is 7.31. The van der Waals surface area contributed by atoms with E-state index in [2.05, 4.69) is 41.3 Å². The third-order valence-electron chi connectivity index (χ3n) is 4.74. The zero-order valence-corrected chi connectivity index (χ0v) is 17.0. The van der Waals surface area contributed by atoms with Gasteiger partial charge in [0.25, 0.3) is 0 Å². The highest BCUT2D eigenvalue weighted by atomic mass is 16.5. The Kier molecular flexibility index (Phi) is 9.59. The molecule has 1 aliphatic heterocycles. The van der Waals surface area contributed by atoms with E-state index in [1.54, 1.807) is 0 Å².